The van der Waals surface area contributed by atoms with Gasteiger partial charge in [-0.25, -0.2) is 0 Å². The Balaban J connectivity index is 2.45. The number of hydrogen-bond donors (Lipinski definition) is 1. The summed E-state index contributed by atoms with van der Waals surface area (Å²) in [5.41, 5.74) is 1.69. The number of nitrogens with zero attached hydrogens (tertiary/aromatic N) is 1. The van der Waals surface area contributed by atoms with Gasteiger partial charge in [0.15, 0.2) is 0 Å². The molecule has 1 aromatic carbocycles. The molecule has 0 amide bonds. The Morgan fingerprint density at radius 2 is 1.76 bits per heavy atom. The van der Waals surface area contributed by atoms with E-state index < -0.39 is 5.60 Å². The van der Waals surface area contributed by atoms with Gasteiger partial charge in [-0.3, -0.25) is 4.98 Å². The summed E-state index contributed by atoms with van der Waals surface area (Å²) in [6.07, 6.45) is 3.48. The van der Waals surface area contributed by atoms with Gasteiger partial charge in [0.1, 0.15) is 5.60 Å². The molecule has 1 unspecified atom stereocenters. The van der Waals surface area contributed by atoms with Crippen LogP contribution in [-0.2, 0) is 5.60 Å². The minimum atomic E-state index is -1.01. The van der Waals surface area contributed by atoms with Crippen LogP contribution in [0.25, 0.3) is 0 Å². The molecule has 1 N–H and O–H groups in total. The van der Waals surface area contributed by atoms with Crippen molar-refractivity contribution in [1.82, 2.24) is 4.98 Å². The predicted octanol–water partition coefficient (Wildman–Crippen LogP) is 3.41. The highest BCUT2D eigenvalue weighted by Crippen LogP contribution is 2.29. The smallest absolute Gasteiger partial charge is 0.113 e. The second-order valence-electron chi connectivity index (χ2n) is 4.33. The summed E-state index contributed by atoms with van der Waals surface area (Å²) in [6.45, 7) is 3.75. The molecule has 2 aromatic rings. The molecule has 1 heterocycles. The van der Waals surface area contributed by atoms with E-state index in [9.17, 15) is 5.11 Å². The van der Waals surface area contributed by atoms with Crippen LogP contribution in [0, 0.1) is 6.92 Å². The first-order valence-corrected chi connectivity index (χ1v) is 6.20. The van der Waals surface area contributed by atoms with Crippen LogP contribution in [0.15, 0.2) is 47.2 Å². The van der Waals surface area contributed by atoms with E-state index in [0.29, 0.717) is 0 Å². The summed E-state index contributed by atoms with van der Waals surface area (Å²) in [4.78, 5) is 4.12. The van der Waals surface area contributed by atoms with Gasteiger partial charge in [-0.15, -0.1) is 0 Å². The molecule has 0 aliphatic rings. The normalized spacial score (nSPS) is 14.4. The minimum Gasteiger partial charge on any atom is -0.381 e. The van der Waals surface area contributed by atoms with Gasteiger partial charge < -0.3 is 5.11 Å². The van der Waals surface area contributed by atoms with Crippen LogP contribution < -0.4 is 0 Å². The number of halogens is 1. The third kappa shape index (κ3) is 2.56. The first kappa shape index (κ1) is 12.3. The average Bonchev–Trinajstić information content (AvgIpc) is 2.29. The number of hydrogen-bond acceptors (Lipinski definition) is 2. The van der Waals surface area contributed by atoms with Gasteiger partial charge in [-0.05, 0) is 43.2 Å². The van der Waals surface area contributed by atoms with E-state index in [4.69, 9.17) is 0 Å². The molecule has 0 saturated heterocycles. The monoisotopic (exact) mass is 291 g/mol. The minimum absolute atomic E-state index is 0.805. The van der Waals surface area contributed by atoms with Gasteiger partial charge in [-0.1, -0.05) is 28.1 Å². The Hall–Kier alpha value is -1.19. The van der Waals surface area contributed by atoms with E-state index in [2.05, 4.69) is 20.9 Å². The number of aliphatic hydroxyl groups is 1. The Bertz CT molecular complexity index is 520. The predicted molar refractivity (Wildman–Crippen MR) is 71.8 cm³/mol. The molecular formula is C14H14BrNO. The lowest BCUT2D eigenvalue weighted by molar-refractivity contribution is 0.102. The summed E-state index contributed by atoms with van der Waals surface area (Å²) in [7, 11) is 0. The van der Waals surface area contributed by atoms with Gasteiger partial charge >= 0.3 is 0 Å². The third-order valence-corrected chi connectivity index (χ3v) is 3.37. The molecule has 0 fully saturated rings. The van der Waals surface area contributed by atoms with Gasteiger partial charge in [0, 0.05) is 22.4 Å². The molecular weight excluding hydrogens is 278 g/mol. The summed E-state index contributed by atoms with van der Waals surface area (Å²) in [6, 6.07) is 9.62. The van der Waals surface area contributed by atoms with Crippen LogP contribution in [0.5, 0.6) is 0 Å². The zero-order valence-electron chi connectivity index (χ0n) is 9.81. The molecule has 0 saturated carbocycles. The lowest BCUT2D eigenvalue weighted by Gasteiger charge is -2.24. The van der Waals surface area contributed by atoms with Crippen molar-refractivity contribution < 1.29 is 5.11 Å². The molecule has 0 radical (unpaired) electrons. The Morgan fingerprint density at radius 3 is 2.35 bits per heavy atom. The average molecular weight is 292 g/mol. The summed E-state index contributed by atoms with van der Waals surface area (Å²) >= 11 is 3.39. The second-order valence-corrected chi connectivity index (χ2v) is 5.25. The third-order valence-electron chi connectivity index (χ3n) is 2.84. The summed E-state index contributed by atoms with van der Waals surface area (Å²) in [5, 5.41) is 10.6. The van der Waals surface area contributed by atoms with Crippen LogP contribution in [-0.4, -0.2) is 10.1 Å². The maximum absolute atomic E-state index is 10.6. The van der Waals surface area contributed by atoms with E-state index >= 15 is 0 Å². The molecule has 1 atom stereocenters. The molecule has 0 aliphatic carbocycles. The maximum atomic E-state index is 10.6. The van der Waals surface area contributed by atoms with Crippen molar-refractivity contribution >= 4 is 15.9 Å². The highest BCUT2D eigenvalue weighted by Gasteiger charge is 2.25. The first-order valence-electron chi connectivity index (χ1n) is 5.41. The molecule has 3 heteroatoms. The Kier molecular flexibility index (Phi) is 3.31. The highest BCUT2D eigenvalue weighted by molar-refractivity contribution is 9.10. The molecule has 88 valence electrons. The van der Waals surface area contributed by atoms with E-state index in [1.807, 2.05) is 37.3 Å². The van der Waals surface area contributed by atoms with Crippen molar-refractivity contribution in [3.05, 3.63) is 63.9 Å². The lowest BCUT2D eigenvalue weighted by atomic mass is 9.89. The standard InChI is InChI=1S/C14H14BrNO/c1-10-7-12(9-16-8-10)14(2,17)11-3-5-13(15)6-4-11/h3-9,17H,1-2H3. The first-order chi connectivity index (χ1) is 8.00. The van der Waals surface area contributed by atoms with Gasteiger partial charge in [0.05, 0.1) is 0 Å². The zero-order chi connectivity index (χ0) is 12.5. The SMILES string of the molecule is Cc1cncc(C(C)(O)c2ccc(Br)cc2)c1. The quantitative estimate of drug-likeness (QED) is 0.920. The molecule has 1 aromatic heterocycles. The molecule has 0 spiro atoms. The van der Waals surface area contributed by atoms with Gasteiger partial charge in [0.2, 0.25) is 0 Å². The Labute approximate surface area is 109 Å². The number of aromatic nitrogens is 1. The van der Waals surface area contributed by atoms with Crippen molar-refractivity contribution in [1.29, 1.82) is 0 Å². The number of aryl methyl sites for hydroxylation is 1. The van der Waals surface area contributed by atoms with Crippen molar-refractivity contribution in [3.8, 4) is 0 Å². The molecule has 17 heavy (non-hydrogen) atoms. The fourth-order valence-electron chi connectivity index (χ4n) is 1.76. The largest absolute Gasteiger partial charge is 0.381 e. The fraction of sp³-hybridized carbons (Fsp3) is 0.214. The summed E-state index contributed by atoms with van der Waals surface area (Å²) in [5.74, 6) is 0. The van der Waals surface area contributed by atoms with E-state index in [0.717, 1.165) is 21.2 Å². The van der Waals surface area contributed by atoms with E-state index in [1.165, 1.54) is 0 Å². The van der Waals surface area contributed by atoms with Crippen LogP contribution in [0.4, 0.5) is 0 Å². The number of rotatable bonds is 2. The van der Waals surface area contributed by atoms with Crippen LogP contribution in [0.2, 0.25) is 0 Å². The van der Waals surface area contributed by atoms with Gasteiger partial charge in [-0.2, -0.15) is 0 Å². The Morgan fingerprint density at radius 1 is 1.12 bits per heavy atom. The van der Waals surface area contributed by atoms with E-state index in [-0.39, 0.29) is 0 Å². The molecule has 2 nitrogen and oxygen atoms in total. The molecule has 0 aliphatic heterocycles. The van der Waals surface area contributed by atoms with Gasteiger partial charge in [0.25, 0.3) is 0 Å². The second kappa shape index (κ2) is 4.59. The molecule has 0 bridgehead atoms. The highest BCUT2D eigenvalue weighted by atomic mass is 79.9. The lowest BCUT2D eigenvalue weighted by Crippen LogP contribution is -2.23. The fourth-order valence-corrected chi connectivity index (χ4v) is 2.03. The zero-order valence-corrected chi connectivity index (χ0v) is 11.4. The topological polar surface area (TPSA) is 33.1 Å². The molecule has 2 rings (SSSR count). The van der Waals surface area contributed by atoms with Crippen molar-refractivity contribution in [2.24, 2.45) is 0 Å². The van der Waals surface area contributed by atoms with Crippen LogP contribution in [0.1, 0.15) is 23.6 Å². The van der Waals surface area contributed by atoms with Crippen molar-refractivity contribution in [2.75, 3.05) is 0 Å². The van der Waals surface area contributed by atoms with Crippen LogP contribution >= 0.6 is 15.9 Å². The van der Waals surface area contributed by atoms with Crippen LogP contribution in [0.3, 0.4) is 0 Å². The number of benzene rings is 1. The van der Waals surface area contributed by atoms with Crippen molar-refractivity contribution in [2.45, 2.75) is 19.4 Å². The van der Waals surface area contributed by atoms with E-state index in [1.54, 1.807) is 19.3 Å². The maximum Gasteiger partial charge on any atom is 0.113 e. The number of pyridine rings is 1. The summed E-state index contributed by atoms with van der Waals surface area (Å²) < 4.78 is 0.999. The van der Waals surface area contributed by atoms with Crippen molar-refractivity contribution in [3.63, 3.8) is 0 Å².